The maximum Gasteiger partial charge on any atom is 0.0569 e. The van der Waals surface area contributed by atoms with Crippen molar-refractivity contribution in [3.05, 3.63) is 35.4 Å². The van der Waals surface area contributed by atoms with Crippen LogP contribution in [0, 0.1) is 0 Å². The Labute approximate surface area is 117 Å². The molecule has 1 aromatic carbocycles. The van der Waals surface area contributed by atoms with Crippen LogP contribution in [0.4, 0.5) is 0 Å². The quantitative estimate of drug-likeness (QED) is 0.899. The van der Waals surface area contributed by atoms with Crippen LogP contribution >= 0.6 is 0 Å². The van der Waals surface area contributed by atoms with Crippen molar-refractivity contribution in [2.24, 2.45) is 0 Å². The molecule has 0 amide bonds. The highest BCUT2D eigenvalue weighted by atomic mass is 16.3. The van der Waals surface area contributed by atoms with Gasteiger partial charge >= 0.3 is 0 Å². The van der Waals surface area contributed by atoms with E-state index in [0.717, 1.165) is 25.9 Å². The molecule has 1 N–H and O–H groups in total. The van der Waals surface area contributed by atoms with E-state index in [2.05, 4.69) is 56.9 Å². The van der Waals surface area contributed by atoms with E-state index < -0.39 is 0 Å². The van der Waals surface area contributed by atoms with E-state index in [9.17, 15) is 5.11 Å². The average molecular weight is 261 g/mol. The third-order valence-corrected chi connectivity index (χ3v) is 4.34. The minimum absolute atomic E-state index is 0.0917. The summed E-state index contributed by atoms with van der Waals surface area (Å²) in [7, 11) is 0. The van der Waals surface area contributed by atoms with E-state index in [1.165, 1.54) is 11.1 Å². The van der Waals surface area contributed by atoms with Crippen LogP contribution in [0.2, 0.25) is 0 Å². The van der Waals surface area contributed by atoms with Crippen molar-refractivity contribution in [1.29, 1.82) is 0 Å². The summed E-state index contributed by atoms with van der Waals surface area (Å²) in [5.74, 6) is 0.593. The lowest BCUT2D eigenvalue weighted by atomic mass is 9.88. The number of hydrogen-bond acceptors (Lipinski definition) is 2. The molecular weight excluding hydrogens is 234 g/mol. The molecule has 0 bridgehead atoms. The molecule has 2 heteroatoms. The Balaban J connectivity index is 2.04. The third kappa shape index (κ3) is 3.58. The second-order valence-electron chi connectivity index (χ2n) is 6.78. The molecule has 1 atom stereocenters. The molecule has 0 radical (unpaired) electrons. The highest BCUT2D eigenvalue weighted by Gasteiger charge is 2.33. The van der Waals surface area contributed by atoms with Gasteiger partial charge in [-0.1, -0.05) is 38.1 Å². The lowest BCUT2D eigenvalue weighted by molar-refractivity contribution is -0.00717. The lowest BCUT2D eigenvalue weighted by Crippen LogP contribution is -2.50. The molecule has 1 aliphatic heterocycles. The van der Waals surface area contributed by atoms with Crippen LogP contribution in [0.15, 0.2) is 24.3 Å². The average Bonchev–Trinajstić information content (AvgIpc) is 2.33. The van der Waals surface area contributed by atoms with Crippen LogP contribution in [0.3, 0.4) is 0 Å². The van der Waals surface area contributed by atoms with Gasteiger partial charge in [0.15, 0.2) is 0 Å². The van der Waals surface area contributed by atoms with E-state index in [0.29, 0.717) is 5.92 Å². The Hall–Kier alpha value is -0.860. The van der Waals surface area contributed by atoms with E-state index in [-0.39, 0.29) is 11.6 Å². The maximum atomic E-state index is 9.80. The minimum atomic E-state index is -0.130. The van der Waals surface area contributed by atoms with E-state index >= 15 is 0 Å². The van der Waals surface area contributed by atoms with Crippen molar-refractivity contribution in [2.45, 2.75) is 64.6 Å². The first-order valence-electron chi connectivity index (χ1n) is 7.40. The Kier molecular flexibility index (Phi) is 4.32. The number of benzene rings is 1. The molecule has 2 nitrogen and oxygen atoms in total. The molecule has 1 aliphatic rings. The molecule has 1 unspecified atom stereocenters. The summed E-state index contributed by atoms with van der Waals surface area (Å²) in [6, 6.07) is 8.98. The van der Waals surface area contributed by atoms with Crippen molar-refractivity contribution < 1.29 is 5.11 Å². The smallest absolute Gasteiger partial charge is 0.0569 e. The molecule has 1 aromatic rings. The normalized spacial score (nSPS) is 23.8. The first-order chi connectivity index (χ1) is 8.88. The van der Waals surface area contributed by atoms with E-state index in [4.69, 9.17) is 0 Å². The Morgan fingerprint density at radius 3 is 2.42 bits per heavy atom. The fourth-order valence-corrected chi connectivity index (χ4v) is 2.94. The lowest BCUT2D eigenvalue weighted by Gasteiger charge is -2.44. The van der Waals surface area contributed by atoms with Gasteiger partial charge in [-0.25, -0.2) is 0 Å². The summed E-state index contributed by atoms with van der Waals surface area (Å²) in [6.07, 6.45) is 1.64. The van der Waals surface area contributed by atoms with Crippen molar-refractivity contribution in [3.8, 4) is 0 Å². The molecule has 1 heterocycles. The predicted molar refractivity (Wildman–Crippen MR) is 80.3 cm³/mol. The van der Waals surface area contributed by atoms with Gasteiger partial charge in [0, 0.05) is 18.6 Å². The topological polar surface area (TPSA) is 23.5 Å². The van der Waals surface area contributed by atoms with Gasteiger partial charge < -0.3 is 5.11 Å². The number of nitrogens with zero attached hydrogens (tertiary/aromatic N) is 1. The number of likely N-dealkylation sites (tertiary alicyclic amines) is 1. The summed E-state index contributed by atoms with van der Waals surface area (Å²) >= 11 is 0. The largest absolute Gasteiger partial charge is 0.393 e. The van der Waals surface area contributed by atoms with Crippen molar-refractivity contribution in [3.63, 3.8) is 0 Å². The summed E-state index contributed by atoms with van der Waals surface area (Å²) < 4.78 is 0. The molecular formula is C17H27NO. The van der Waals surface area contributed by atoms with Gasteiger partial charge in [-0.3, -0.25) is 4.90 Å². The molecule has 19 heavy (non-hydrogen) atoms. The summed E-state index contributed by atoms with van der Waals surface area (Å²) in [4.78, 5) is 2.49. The molecule has 0 saturated carbocycles. The number of rotatable bonds is 3. The van der Waals surface area contributed by atoms with Gasteiger partial charge in [0.2, 0.25) is 0 Å². The van der Waals surface area contributed by atoms with Crippen LogP contribution < -0.4 is 0 Å². The molecule has 0 spiro atoms. The zero-order valence-electron chi connectivity index (χ0n) is 12.7. The molecule has 106 valence electrons. The molecule has 2 rings (SSSR count). The first kappa shape index (κ1) is 14.5. The summed E-state index contributed by atoms with van der Waals surface area (Å²) in [5, 5.41) is 9.80. The monoisotopic (exact) mass is 261 g/mol. The highest BCUT2D eigenvalue weighted by Crippen LogP contribution is 2.29. The van der Waals surface area contributed by atoms with Gasteiger partial charge in [0.1, 0.15) is 0 Å². The Bertz CT molecular complexity index is 408. The summed E-state index contributed by atoms with van der Waals surface area (Å²) in [6.45, 7) is 10.9. The SMILES string of the molecule is CC(C)c1ccc(CN2CCC(O)CC2(C)C)cc1. The van der Waals surface area contributed by atoms with Crippen molar-refractivity contribution in [2.75, 3.05) is 6.54 Å². The Morgan fingerprint density at radius 2 is 1.89 bits per heavy atom. The maximum absolute atomic E-state index is 9.80. The summed E-state index contributed by atoms with van der Waals surface area (Å²) in [5.41, 5.74) is 2.86. The third-order valence-electron chi connectivity index (χ3n) is 4.34. The van der Waals surface area contributed by atoms with Crippen LogP contribution in [0.5, 0.6) is 0 Å². The van der Waals surface area contributed by atoms with Gasteiger partial charge in [-0.05, 0) is 43.7 Å². The first-order valence-corrected chi connectivity index (χ1v) is 7.40. The van der Waals surface area contributed by atoms with Crippen LogP contribution in [0.25, 0.3) is 0 Å². The molecule has 1 saturated heterocycles. The van der Waals surface area contributed by atoms with Gasteiger partial charge in [0.05, 0.1) is 6.10 Å². The minimum Gasteiger partial charge on any atom is -0.393 e. The number of hydrogen-bond donors (Lipinski definition) is 1. The molecule has 0 aromatic heterocycles. The zero-order valence-corrected chi connectivity index (χ0v) is 12.7. The van der Waals surface area contributed by atoms with Crippen molar-refractivity contribution >= 4 is 0 Å². The fourth-order valence-electron chi connectivity index (χ4n) is 2.94. The number of aliphatic hydroxyl groups is 1. The standard InChI is InChI=1S/C17H27NO/c1-13(2)15-7-5-14(6-8-15)12-18-10-9-16(19)11-17(18,3)4/h5-8,13,16,19H,9-12H2,1-4H3. The molecule has 0 aliphatic carbocycles. The zero-order chi connectivity index (χ0) is 14.0. The van der Waals surface area contributed by atoms with Gasteiger partial charge in [-0.2, -0.15) is 0 Å². The van der Waals surface area contributed by atoms with Crippen LogP contribution in [-0.4, -0.2) is 28.2 Å². The second kappa shape index (κ2) is 5.64. The number of piperidine rings is 1. The Morgan fingerprint density at radius 1 is 1.26 bits per heavy atom. The van der Waals surface area contributed by atoms with Crippen LogP contribution in [0.1, 0.15) is 57.6 Å². The van der Waals surface area contributed by atoms with Crippen molar-refractivity contribution in [1.82, 2.24) is 4.90 Å². The highest BCUT2D eigenvalue weighted by molar-refractivity contribution is 5.24. The van der Waals surface area contributed by atoms with Gasteiger partial charge in [-0.15, -0.1) is 0 Å². The predicted octanol–water partition coefficient (Wildman–Crippen LogP) is 3.55. The number of aliphatic hydroxyl groups excluding tert-OH is 1. The van der Waals surface area contributed by atoms with Gasteiger partial charge in [0.25, 0.3) is 0 Å². The van der Waals surface area contributed by atoms with E-state index in [1.807, 2.05) is 0 Å². The fraction of sp³-hybridized carbons (Fsp3) is 0.647. The second-order valence-corrected chi connectivity index (χ2v) is 6.78. The van der Waals surface area contributed by atoms with Crippen LogP contribution in [-0.2, 0) is 6.54 Å². The van der Waals surface area contributed by atoms with E-state index in [1.54, 1.807) is 0 Å². The molecule has 1 fully saturated rings.